The SMILES string of the molecule is COc1cccc(OC)c1C=CS(=O)(=O)/C(=C/C(C)=O)c1c(OC)cccc1OC. The van der Waals surface area contributed by atoms with E-state index < -0.39 is 15.6 Å². The highest BCUT2D eigenvalue weighted by molar-refractivity contribution is 8.03. The van der Waals surface area contributed by atoms with Crippen LogP contribution < -0.4 is 18.9 Å². The average molecular weight is 432 g/mol. The molecule has 0 spiro atoms. The number of allylic oxidation sites excluding steroid dienone is 1. The molecule has 0 bridgehead atoms. The summed E-state index contributed by atoms with van der Waals surface area (Å²) in [6, 6.07) is 9.94. The zero-order valence-corrected chi connectivity index (χ0v) is 18.3. The second-order valence-electron chi connectivity index (χ2n) is 6.08. The Balaban J connectivity index is 2.69. The first-order chi connectivity index (χ1) is 14.3. The highest BCUT2D eigenvalue weighted by atomic mass is 32.2. The van der Waals surface area contributed by atoms with Gasteiger partial charge in [-0.05, 0) is 37.3 Å². The Morgan fingerprint density at radius 3 is 1.63 bits per heavy atom. The molecule has 8 heteroatoms. The Morgan fingerprint density at radius 2 is 1.23 bits per heavy atom. The van der Waals surface area contributed by atoms with Gasteiger partial charge in [-0.3, -0.25) is 4.79 Å². The van der Waals surface area contributed by atoms with Gasteiger partial charge in [0.05, 0.1) is 44.5 Å². The second kappa shape index (κ2) is 9.98. The van der Waals surface area contributed by atoms with Crippen molar-refractivity contribution >= 4 is 26.6 Å². The summed E-state index contributed by atoms with van der Waals surface area (Å²) in [7, 11) is 1.67. The van der Waals surface area contributed by atoms with Crippen molar-refractivity contribution in [3.8, 4) is 23.0 Å². The molecule has 0 amide bonds. The third-order valence-electron chi connectivity index (χ3n) is 4.19. The highest BCUT2D eigenvalue weighted by Gasteiger charge is 2.25. The normalized spacial score (nSPS) is 12.0. The summed E-state index contributed by atoms with van der Waals surface area (Å²) in [4.78, 5) is 11.6. The van der Waals surface area contributed by atoms with Gasteiger partial charge >= 0.3 is 0 Å². The van der Waals surface area contributed by atoms with Crippen molar-refractivity contribution in [2.24, 2.45) is 0 Å². The van der Waals surface area contributed by atoms with Crippen LogP contribution in [0.5, 0.6) is 23.0 Å². The molecular weight excluding hydrogens is 408 g/mol. The number of carbonyl (C=O) groups excluding carboxylic acids is 1. The minimum atomic E-state index is -4.10. The molecule has 0 heterocycles. The van der Waals surface area contributed by atoms with E-state index >= 15 is 0 Å². The molecule has 0 aliphatic carbocycles. The van der Waals surface area contributed by atoms with Gasteiger partial charge in [-0.2, -0.15) is 0 Å². The van der Waals surface area contributed by atoms with Crippen LogP contribution in [-0.4, -0.2) is 42.6 Å². The van der Waals surface area contributed by atoms with E-state index in [1.165, 1.54) is 41.4 Å². The van der Waals surface area contributed by atoms with Crippen molar-refractivity contribution in [3.63, 3.8) is 0 Å². The number of sulfone groups is 1. The zero-order valence-electron chi connectivity index (χ0n) is 17.5. The summed E-state index contributed by atoms with van der Waals surface area (Å²) < 4.78 is 47.8. The summed E-state index contributed by atoms with van der Waals surface area (Å²) in [6.07, 6.45) is 2.41. The van der Waals surface area contributed by atoms with Crippen LogP contribution in [0.4, 0.5) is 0 Å². The number of ether oxygens (including phenoxy) is 4. The fraction of sp³-hybridized carbons (Fsp3) is 0.227. The van der Waals surface area contributed by atoms with Crippen molar-refractivity contribution in [1.82, 2.24) is 0 Å². The van der Waals surface area contributed by atoms with E-state index in [1.807, 2.05) is 0 Å². The number of rotatable bonds is 9. The molecule has 2 rings (SSSR count). The molecule has 0 unspecified atom stereocenters. The lowest BCUT2D eigenvalue weighted by atomic mass is 10.1. The smallest absolute Gasteiger partial charge is 0.200 e. The maximum absolute atomic E-state index is 13.3. The molecule has 30 heavy (non-hydrogen) atoms. The first-order valence-electron chi connectivity index (χ1n) is 8.86. The minimum Gasteiger partial charge on any atom is -0.496 e. The zero-order chi connectivity index (χ0) is 22.3. The summed E-state index contributed by atoms with van der Waals surface area (Å²) in [5.41, 5.74) is 0.606. The first kappa shape index (κ1) is 23.0. The van der Waals surface area contributed by atoms with Crippen molar-refractivity contribution in [3.05, 3.63) is 59.0 Å². The molecule has 0 N–H and O–H groups in total. The second-order valence-corrected chi connectivity index (χ2v) is 7.88. The predicted molar refractivity (Wildman–Crippen MR) is 116 cm³/mol. The molecule has 160 valence electrons. The number of hydrogen-bond donors (Lipinski definition) is 0. The van der Waals surface area contributed by atoms with Gasteiger partial charge in [0.15, 0.2) is 5.78 Å². The van der Waals surface area contributed by atoms with E-state index in [-0.39, 0.29) is 22.0 Å². The van der Waals surface area contributed by atoms with Gasteiger partial charge in [0.1, 0.15) is 23.0 Å². The highest BCUT2D eigenvalue weighted by Crippen LogP contribution is 2.39. The van der Waals surface area contributed by atoms with E-state index in [2.05, 4.69) is 0 Å². The van der Waals surface area contributed by atoms with Crippen molar-refractivity contribution in [2.75, 3.05) is 28.4 Å². The Kier molecular flexibility index (Phi) is 7.66. The van der Waals surface area contributed by atoms with Gasteiger partial charge in [0.25, 0.3) is 0 Å². The standard InChI is InChI=1S/C22H24O7S/c1-15(23)14-21(22-19(28-4)10-7-11-20(22)29-5)30(24,25)13-12-16-17(26-2)8-6-9-18(16)27-3/h6-14H,1-5H3/b13-12?,21-14+. The summed E-state index contributed by atoms with van der Waals surface area (Å²) in [6.45, 7) is 1.27. The maximum atomic E-state index is 13.3. The predicted octanol–water partition coefficient (Wildman–Crippen LogP) is 3.74. The van der Waals surface area contributed by atoms with Crippen molar-refractivity contribution in [2.45, 2.75) is 6.92 Å². The molecule has 0 atom stereocenters. The average Bonchev–Trinajstić information content (AvgIpc) is 2.74. The molecule has 2 aromatic carbocycles. The van der Waals surface area contributed by atoms with E-state index in [0.29, 0.717) is 17.1 Å². The molecule has 0 fully saturated rings. The number of ketones is 1. The fourth-order valence-electron chi connectivity index (χ4n) is 2.85. The van der Waals surface area contributed by atoms with Gasteiger partial charge in [-0.15, -0.1) is 0 Å². The van der Waals surface area contributed by atoms with Crippen LogP contribution in [0.15, 0.2) is 47.9 Å². The van der Waals surface area contributed by atoms with Crippen molar-refractivity contribution in [1.29, 1.82) is 0 Å². The Morgan fingerprint density at radius 1 is 0.800 bits per heavy atom. The van der Waals surface area contributed by atoms with Gasteiger partial charge in [-0.25, -0.2) is 8.42 Å². The van der Waals surface area contributed by atoms with Gasteiger partial charge in [0, 0.05) is 11.5 Å². The lowest BCUT2D eigenvalue weighted by Crippen LogP contribution is -2.06. The fourth-order valence-corrected chi connectivity index (χ4v) is 4.13. The summed E-state index contributed by atoms with van der Waals surface area (Å²) in [5.74, 6) is 0.952. The van der Waals surface area contributed by atoms with E-state index in [1.54, 1.807) is 36.4 Å². The molecule has 0 aliphatic heterocycles. The van der Waals surface area contributed by atoms with Crippen LogP contribution in [-0.2, 0) is 14.6 Å². The van der Waals surface area contributed by atoms with Crippen LogP contribution >= 0.6 is 0 Å². The third kappa shape index (κ3) is 5.01. The quantitative estimate of drug-likeness (QED) is 0.558. The molecule has 0 aliphatic rings. The molecule has 2 aromatic rings. The lowest BCUT2D eigenvalue weighted by Gasteiger charge is -2.15. The molecular formula is C22H24O7S. The molecule has 7 nitrogen and oxygen atoms in total. The number of benzene rings is 2. The van der Waals surface area contributed by atoms with E-state index in [9.17, 15) is 13.2 Å². The maximum Gasteiger partial charge on any atom is 0.200 e. The van der Waals surface area contributed by atoms with Crippen LogP contribution in [0.2, 0.25) is 0 Å². The van der Waals surface area contributed by atoms with Gasteiger partial charge < -0.3 is 18.9 Å². The van der Waals surface area contributed by atoms with Crippen LogP contribution in [0, 0.1) is 0 Å². The van der Waals surface area contributed by atoms with Gasteiger partial charge in [0.2, 0.25) is 9.84 Å². The minimum absolute atomic E-state index is 0.161. The van der Waals surface area contributed by atoms with Crippen LogP contribution in [0.1, 0.15) is 18.1 Å². The molecule has 0 radical (unpaired) electrons. The number of methoxy groups -OCH3 is 4. The molecule has 0 aromatic heterocycles. The Labute approximate surface area is 176 Å². The van der Waals surface area contributed by atoms with Crippen molar-refractivity contribution < 1.29 is 32.2 Å². The molecule has 0 saturated heterocycles. The largest absolute Gasteiger partial charge is 0.496 e. The topological polar surface area (TPSA) is 88.1 Å². The summed E-state index contributed by atoms with van der Waals surface area (Å²) >= 11 is 0. The number of carbonyl (C=O) groups is 1. The Bertz CT molecular complexity index is 1040. The third-order valence-corrected chi connectivity index (χ3v) is 5.62. The van der Waals surface area contributed by atoms with Crippen LogP contribution in [0.25, 0.3) is 11.0 Å². The Hall–Kier alpha value is -3.26. The van der Waals surface area contributed by atoms with Crippen LogP contribution in [0.3, 0.4) is 0 Å². The monoisotopic (exact) mass is 432 g/mol. The number of hydrogen-bond acceptors (Lipinski definition) is 7. The van der Waals surface area contributed by atoms with Gasteiger partial charge in [-0.1, -0.05) is 12.1 Å². The molecule has 0 saturated carbocycles. The van der Waals surface area contributed by atoms with E-state index in [4.69, 9.17) is 18.9 Å². The van der Waals surface area contributed by atoms with E-state index in [0.717, 1.165) is 11.5 Å². The lowest BCUT2D eigenvalue weighted by molar-refractivity contribution is -0.112. The summed E-state index contributed by atoms with van der Waals surface area (Å²) in [5, 5.41) is 0.994. The first-order valence-corrected chi connectivity index (χ1v) is 10.4.